The Kier molecular flexibility index (Phi) is 10.6. The molecule has 0 saturated heterocycles. The van der Waals surface area contributed by atoms with Gasteiger partial charge in [0.25, 0.3) is 0 Å². The van der Waals surface area contributed by atoms with E-state index in [1.165, 1.54) is 32.6 Å². The lowest BCUT2D eigenvalue weighted by Gasteiger charge is -2.26. The average Bonchev–Trinajstić information content (AvgIpc) is 2.71. The molecule has 4 nitrogen and oxygen atoms in total. The van der Waals surface area contributed by atoms with Gasteiger partial charge in [-0.2, -0.15) is 13.2 Å². The topological polar surface area (TPSA) is 34.1 Å². The third kappa shape index (κ3) is 6.86. The smallest absolute Gasteiger partial charge is 0.416 e. The van der Waals surface area contributed by atoms with Gasteiger partial charge in [0.15, 0.2) is 0 Å². The van der Waals surface area contributed by atoms with Crippen LogP contribution in [0.5, 0.6) is 11.5 Å². The van der Waals surface area contributed by atoms with E-state index in [-0.39, 0.29) is 18.1 Å². The van der Waals surface area contributed by atoms with Crippen LogP contribution in [0, 0.1) is 0 Å². The van der Waals surface area contributed by atoms with Crippen molar-refractivity contribution in [1.82, 2.24) is 0 Å². The van der Waals surface area contributed by atoms with Gasteiger partial charge in [0.05, 0.1) is 31.2 Å². The molecule has 0 unspecified atom stereocenters. The second-order valence-corrected chi connectivity index (χ2v) is 6.69. The zero-order valence-electron chi connectivity index (χ0n) is 16.4. The Morgan fingerprint density at radius 1 is 1.00 bits per heavy atom. The van der Waals surface area contributed by atoms with Crippen molar-refractivity contribution in [3.63, 3.8) is 0 Å². The van der Waals surface area contributed by atoms with Crippen LogP contribution in [0.3, 0.4) is 0 Å². The highest BCUT2D eigenvalue weighted by molar-refractivity contribution is 6.18. The van der Waals surface area contributed by atoms with E-state index in [0.29, 0.717) is 41.9 Å². The molecule has 0 aliphatic rings. The van der Waals surface area contributed by atoms with Crippen LogP contribution in [0.15, 0.2) is 41.4 Å². The van der Waals surface area contributed by atoms with Crippen LogP contribution in [0.2, 0.25) is 0 Å². The first-order chi connectivity index (χ1) is 13.8. The van der Waals surface area contributed by atoms with Crippen LogP contribution in [0.1, 0.15) is 11.1 Å². The number of alkyl halides is 5. The van der Waals surface area contributed by atoms with Crippen LogP contribution in [0.4, 0.5) is 24.5 Å². The van der Waals surface area contributed by atoms with Gasteiger partial charge in [0.2, 0.25) is 0 Å². The van der Waals surface area contributed by atoms with Gasteiger partial charge >= 0.3 is 6.18 Å². The standard InChI is InChI=1S/C20H21Cl2F3N2O2.ClH/c1-28-18-12-17(27(8-6-21)9-7-22)19(29-2)10-14(18)13-26-16-5-3-4-15(11-16)20(23,24)25;/h3-5,10-13H,6-9H2,1-2H3;1H. The molecule has 2 aromatic carbocycles. The molecule has 0 spiro atoms. The fraction of sp³-hybridized carbons (Fsp3) is 0.350. The molecule has 0 atom stereocenters. The van der Waals surface area contributed by atoms with Crippen molar-refractivity contribution >= 4 is 53.2 Å². The highest BCUT2D eigenvalue weighted by Crippen LogP contribution is 2.36. The van der Waals surface area contributed by atoms with Crippen molar-refractivity contribution in [1.29, 1.82) is 0 Å². The average molecular weight is 486 g/mol. The fourth-order valence-corrected chi connectivity index (χ4v) is 3.12. The number of benzene rings is 2. The SMILES string of the molecule is COc1cc(N(CCCl)CCCl)c(OC)cc1C=Nc1cccc(C(F)(F)F)c1.Cl. The first kappa shape index (κ1) is 26.2. The van der Waals surface area contributed by atoms with Crippen LogP contribution in [-0.2, 0) is 6.18 Å². The number of ether oxygens (including phenoxy) is 2. The zero-order chi connectivity index (χ0) is 21.4. The third-order valence-electron chi connectivity index (χ3n) is 4.11. The monoisotopic (exact) mass is 484 g/mol. The molecule has 0 bridgehead atoms. The second-order valence-electron chi connectivity index (χ2n) is 5.94. The normalized spacial score (nSPS) is 11.3. The number of rotatable bonds is 9. The highest BCUT2D eigenvalue weighted by atomic mass is 35.5. The Hall–Kier alpha value is -1.83. The van der Waals surface area contributed by atoms with Gasteiger partial charge < -0.3 is 14.4 Å². The summed E-state index contributed by atoms with van der Waals surface area (Å²) in [5.74, 6) is 1.85. The number of hydrogen-bond acceptors (Lipinski definition) is 4. The van der Waals surface area contributed by atoms with Gasteiger partial charge in [0.1, 0.15) is 11.5 Å². The quantitative estimate of drug-likeness (QED) is 0.314. The van der Waals surface area contributed by atoms with Crippen molar-refractivity contribution < 1.29 is 22.6 Å². The maximum atomic E-state index is 12.9. The van der Waals surface area contributed by atoms with Crippen molar-refractivity contribution in [2.45, 2.75) is 6.18 Å². The van der Waals surface area contributed by atoms with Gasteiger partial charge in [-0.25, -0.2) is 0 Å². The molecule has 0 aliphatic carbocycles. The molecule has 0 heterocycles. The number of anilines is 1. The molecule has 0 fully saturated rings. The van der Waals surface area contributed by atoms with E-state index in [4.69, 9.17) is 32.7 Å². The molecule has 30 heavy (non-hydrogen) atoms. The van der Waals surface area contributed by atoms with Crippen LogP contribution in [0.25, 0.3) is 0 Å². The first-order valence-electron chi connectivity index (χ1n) is 8.68. The van der Waals surface area contributed by atoms with Crippen molar-refractivity contribution in [3.8, 4) is 11.5 Å². The van der Waals surface area contributed by atoms with Crippen LogP contribution >= 0.6 is 35.6 Å². The van der Waals surface area contributed by atoms with E-state index < -0.39 is 11.7 Å². The minimum atomic E-state index is -4.43. The lowest BCUT2D eigenvalue weighted by atomic mass is 10.1. The van der Waals surface area contributed by atoms with Gasteiger partial charge in [0, 0.05) is 42.7 Å². The minimum absolute atomic E-state index is 0. The Labute approximate surface area is 190 Å². The van der Waals surface area contributed by atoms with E-state index in [1.54, 1.807) is 12.1 Å². The Bertz CT molecular complexity index is 843. The summed E-state index contributed by atoms with van der Waals surface area (Å²) in [7, 11) is 3.03. The third-order valence-corrected chi connectivity index (χ3v) is 4.45. The number of hydrogen-bond donors (Lipinski definition) is 0. The molecular formula is C20H22Cl3F3N2O2. The molecule has 0 radical (unpaired) electrons. The Balaban J connectivity index is 0.00000450. The summed E-state index contributed by atoms with van der Waals surface area (Å²) in [6.07, 6.45) is -2.99. The molecule has 0 aliphatic heterocycles. The van der Waals surface area contributed by atoms with Crippen molar-refractivity contribution in [3.05, 3.63) is 47.5 Å². The van der Waals surface area contributed by atoms with Crippen LogP contribution < -0.4 is 14.4 Å². The van der Waals surface area contributed by atoms with E-state index in [1.807, 2.05) is 4.90 Å². The van der Waals surface area contributed by atoms with E-state index in [0.717, 1.165) is 17.8 Å². The molecule has 2 rings (SSSR count). The van der Waals surface area contributed by atoms with Gasteiger partial charge in [-0.3, -0.25) is 4.99 Å². The maximum absolute atomic E-state index is 12.9. The van der Waals surface area contributed by atoms with Gasteiger partial charge in [-0.15, -0.1) is 35.6 Å². The summed E-state index contributed by atoms with van der Waals surface area (Å²) in [6, 6.07) is 8.27. The number of halogens is 6. The molecular weight excluding hydrogens is 464 g/mol. The zero-order valence-corrected chi connectivity index (χ0v) is 18.7. The Morgan fingerprint density at radius 2 is 1.63 bits per heavy atom. The lowest BCUT2D eigenvalue weighted by molar-refractivity contribution is -0.137. The molecule has 0 N–H and O–H groups in total. The lowest BCUT2D eigenvalue weighted by Crippen LogP contribution is -2.28. The summed E-state index contributed by atoms with van der Waals surface area (Å²) >= 11 is 11.8. The summed E-state index contributed by atoms with van der Waals surface area (Å²) in [4.78, 5) is 6.13. The Morgan fingerprint density at radius 3 is 2.17 bits per heavy atom. The van der Waals surface area contributed by atoms with Gasteiger partial charge in [-0.1, -0.05) is 6.07 Å². The number of aliphatic imine (C=N–C) groups is 1. The second kappa shape index (κ2) is 12.1. The molecule has 10 heteroatoms. The predicted octanol–water partition coefficient (Wildman–Crippen LogP) is 6.18. The summed E-state index contributed by atoms with van der Waals surface area (Å²) in [6.45, 7) is 1.12. The fourth-order valence-electron chi connectivity index (χ4n) is 2.72. The highest BCUT2D eigenvalue weighted by Gasteiger charge is 2.30. The van der Waals surface area contributed by atoms with E-state index in [2.05, 4.69) is 4.99 Å². The van der Waals surface area contributed by atoms with E-state index >= 15 is 0 Å². The molecule has 0 aromatic heterocycles. The van der Waals surface area contributed by atoms with Crippen molar-refractivity contribution in [2.24, 2.45) is 4.99 Å². The predicted molar refractivity (Wildman–Crippen MR) is 119 cm³/mol. The summed E-state index contributed by atoms with van der Waals surface area (Å²) in [5.41, 5.74) is 0.727. The number of methoxy groups -OCH3 is 2. The first-order valence-corrected chi connectivity index (χ1v) is 9.75. The molecule has 166 valence electrons. The summed E-state index contributed by atoms with van der Waals surface area (Å²) < 4.78 is 49.6. The maximum Gasteiger partial charge on any atom is 0.416 e. The molecule has 2 aromatic rings. The molecule has 0 saturated carbocycles. The van der Waals surface area contributed by atoms with Gasteiger partial charge in [-0.05, 0) is 24.3 Å². The number of nitrogens with zero attached hydrogens (tertiary/aromatic N) is 2. The largest absolute Gasteiger partial charge is 0.496 e. The molecule has 0 amide bonds. The minimum Gasteiger partial charge on any atom is -0.496 e. The summed E-state index contributed by atoms with van der Waals surface area (Å²) in [5, 5.41) is 0. The van der Waals surface area contributed by atoms with Crippen molar-refractivity contribution in [2.75, 3.05) is 44.0 Å². The van der Waals surface area contributed by atoms with E-state index in [9.17, 15) is 13.2 Å². The van der Waals surface area contributed by atoms with Crippen LogP contribution in [-0.4, -0.2) is 45.3 Å².